The van der Waals surface area contributed by atoms with Gasteiger partial charge in [0.2, 0.25) is 0 Å². The van der Waals surface area contributed by atoms with Crippen molar-refractivity contribution in [2.45, 2.75) is 31.8 Å². The van der Waals surface area contributed by atoms with Gasteiger partial charge in [0.25, 0.3) is 0 Å². The lowest BCUT2D eigenvalue weighted by Crippen LogP contribution is -2.66. The molecule has 0 unspecified atom stereocenters. The molecule has 3 aliphatic heterocycles. The third-order valence-electron chi connectivity index (χ3n) is 9.47. The molecule has 0 N–H and O–H groups in total. The maximum atomic E-state index is 4.28. The van der Waals surface area contributed by atoms with Crippen LogP contribution in [0.15, 0.2) is 110 Å². The Balaban J connectivity index is 1.36. The van der Waals surface area contributed by atoms with E-state index < -0.39 is 0 Å². The Morgan fingerprint density at radius 2 is 1.39 bits per heavy atom. The van der Waals surface area contributed by atoms with Gasteiger partial charge in [0.1, 0.15) is 6.54 Å². The summed E-state index contributed by atoms with van der Waals surface area (Å²) in [6.07, 6.45) is 6.06. The number of piperidine rings is 3. The molecule has 1 nitrogen and oxygen atoms in total. The van der Waals surface area contributed by atoms with E-state index in [0.29, 0.717) is 12.0 Å². The highest BCUT2D eigenvalue weighted by molar-refractivity contribution is 6.02. The minimum atomic E-state index is 0.628. The van der Waals surface area contributed by atoms with Crippen molar-refractivity contribution < 1.29 is 4.48 Å². The Morgan fingerprint density at radius 1 is 0.750 bits per heavy atom. The largest absolute Gasteiger partial charge is 0.317 e. The second kappa shape index (κ2) is 8.61. The first-order valence-electron chi connectivity index (χ1n) is 13.6. The molecule has 3 saturated heterocycles. The number of quaternary nitrogens is 1. The molecule has 0 radical (unpaired) electrons. The van der Waals surface area contributed by atoms with Gasteiger partial charge in [-0.2, -0.15) is 0 Å². The quantitative estimate of drug-likeness (QED) is 0.138. The van der Waals surface area contributed by atoms with Gasteiger partial charge in [-0.25, -0.2) is 0 Å². The molecule has 4 atom stereocenters. The summed E-state index contributed by atoms with van der Waals surface area (Å²) in [5, 5.41) is 8.37. The van der Waals surface area contributed by atoms with E-state index in [2.05, 4.69) is 110 Å². The minimum absolute atomic E-state index is 0.628. The predicted molar refractivity (Wildman–Crippen MR) is 153 cm³/mol. The van der Waals surface area contributed by atoms with E-state index in [-0.39, 0.29) is 0 Å². The van der Waals surface area contributed by atoms with E-state index >= 15 is 0 Å². The van der Waals surface area contributed by atoms with Gasteiger partial charge in [-0.15, -0.1) is 6.58 Å². The summed E-state index contributed by atoms with van der Waals surface area (Å²) >= 11 is 0. The molecule has 5 aromatic rings. The van der Waals surface area contributed by atoms with E-state index in [0.717, 1.165) is 18.9 Å². The first-order valence-corrected chi connectivity index (χ1v) is 13.6. The highest BCUT2D eigenvalue weighted by atomic mass is 15.4. The fourth-order valence-electron chi connectivity index (χ4n) is 7.63. The third kappa shape index (κ3) is 3.49. The second-order valence-corrected chi connectivity index (χ2v) is 11.3. The fourth-order valence-corrected chi connectivity index (χ4v) is 7.63. The number of fused-ring (bicyclic) bond motifs is 6. The van der Waals surface area contributed by atoms with E-state index in [1.165, 1.54) is 73.9 Å². The van der Waals surface area contributed by atoms with E-state index in [4.69, 9.17) is 0 Å². The van der Waals surface area contributed by atoms with Crippen LogP contribution in [0.2, 0.25) is 0 Å². The number of hydrogen-bond acceptors (Lipinski definition) is 0. The van der Waals surface area contributed by atoms with Crippen molar-refractivity contribution in [3.05, 3.63) is 121 Å². The smallest absolute Gasteiger partial charge is 0.106 e. The second-order valence-electron chi connectivity index (χ2n) is 11.3. The molecule has 2 bridgehead atoms. The van der Waals surface area contributed by atoms with Crippen molar-refractivity contribution in [3.8, 4) is 0 Å². The topological polar surface area (TPSA) is 0 Å². The lowest BCUT2D eigenvalue weighted by molar-refractivity contribution is -0.980. The Kier molecular flexibility index (Phi) is 5.22. The molecule has 178 valence electrons. The van der Waals surface area contributed by atoms with E-state index in [1.54, 1.807) is 0 Å². The molecule has 0 saturated carbocycles. The van der Waals surface area contributed by atoms with Crippen LogP contribution in [0.3, 0.4) is 0 Å². The van der Waals surface area contributed by atoms with Gasteiger partial charge < -0.3 is 4.48 Å². The third-order valence-corrected chi connectivity index (χ3v) is 9.47. The summed E-state index contributed by atoms with van der Waals surface area (Å²) in [6, 6.07) is 36.9. The average Bonchev–Trinajstić information content (AvgIpc) is 2.93. The van der Waals surface area contributed by atoms with Gasteiger partial charge >= 0.3 is 0 Å². The Bertz CT molecular complexity index is 1540. The minimum Gasteiger partial charge on any atom is -0.317 e. The molecule has 3 heterocycles. The Labute approximate surface area is 214 Å². The SMILES string of the molecule is C=C[C@@H]1C[N@@+]2(Cc3c4ccccc4cc4ccccc34)CC[C@H]1C[C@H]2Cc1cccc2ccccc12. The van der Waals surface area contributed by atoms with Crippen LogP contribution in [0.4, 0.5) is 0 Å². The van der Waals surface area contributed by atoms with Crippen molar-refractivity contribution in [1.29, 1.82) is 0 Å². The van der Waals surface area contributed by atoms with Crippen molar-refractivity contribution in [2.75, 3.05) is 13.1 Å². The maximum Gasteiger partial charge on any atom is 0.106 e. The van der Waals surface area contributed by atoms with Crippen molar-refractivity contribution in [2.24, 2.45) is 11.8 Å². The van der Waals surface area contributed by atoms with Crippen LogP contribution >= 0.6 is 0 Å². The predicted octanol–water partition coefficient (Wildman–Crippen LogP) is 8.30. The Hall–Kier alpha value is -3.42. The molecule has 0 aliphatic carbocycles. The van der Waals surface area contributed by atoms with Crippen LogP contribution in [-0.4, -0.2) is 23.6 Å². The summed E-state index contributed by atoms with van der Waals surface area (Å²) in [7, 11) is 0. The molecular weight excluding hydrogens is 434 g/mol. The van der Waals surface area contributed by atoms with Crippen LogP contribution in [-0.2, 0) is 13.0 Å². The molecule has 5 aromatic carbocycles. The van der Waals surface area contributed by atoms with E-state index in [9.17, 15) is 0 Å². The molecule has 3 fully saturated rings. The van der Waals surface area contributed by atoms with Crippen molar-refractivity contribution in [1.82, 2.24) is 0 Å². The van der Waals surface area contributed by atoms with Gasteiger partial charge in [-0.1, -0.05) is 97.1 Å². The fraction of sp³-hybridized carbons (Fsp3) is 0.257. The normalized spacial score (nSPS) is 25.5. The van der Waals surface area contributed by atoms with Crippen LogP contribution in [0.1, 0.15) is 24.0 Å². The molecule has 0 aromatic heterocycles. The zero-order valence-corrected chi connectivity index (χ0v) is 20.9. The standard InChI is InChI=1S/C35H34N/c1-2-25-23-36(24-35-33-16-7-4-11-28(33)20-29-12-5-8-17-34(29)35)19-18-27(25)21-31(36)22-30-14-9-13-26-10-3-6-15-32(26)30/h2-17,20,25,27,31H,1,18-19,21-24H2/q+1/t25-,27+,31+,36-/m1/s1. The lowest BCUT2D eigenvalue weighted by Gasteiger charge is -2.57. The summed E-state index contributed by atoms with van der Waals surface area (Å²) in [6.45, 7) is 7.89. The van der Waals surface area contributed by atoms with Gasteiger partial charge in [0, 0.05) is 30.7 Å². The molecule has 8 rings (SSSR count). The number of nitrogens with zero attached hydrogens (tertiary/aromatic N) is 1. The first kappa shape index (κ1) is 21.8. The van der Waals surface area contributed by atoms with Crippen LogP contribution in [0, 0.1) is 11.8 Å². The van der Waals surface area contributed by atoms with Crippen LogP contribution < -0.4 is 0 Å². The maximum absolute atomic E-state index is 4.28. The van der Waals surface area contributed by atoms with Gasteiger partial charge in [0.05, 0.1) is 19.1 Å². The number of rotatable bonds is 5. The monoisotopic (exact) mass is 468 g/mol. The molecule has 36 heavy (non-hydrogen) atoms. The summed E-state index contributed by atoms with van der Waals surface area (Å²) in [5.41, 5.74) is 3.05. The summed E-state index contributed by atoms with van der Waals surface area (Å²) < 4.78 is 1.19. The van der Waals surface area contributed by atoms with E-state index in [1.807, 2.05) is 0 Å². The molecule has 0 spiro atoms. The lowest BCUT2D eigenvalue weighted by atomic mass is 9.71. The zero-order valence-electron chi connectivity index (χ0n) is 20.9. The molecule has 3 aliphatic rings. The number of benzene rings is 5. The van der Waals surface area contributed by atoms with Gasteiger partial charge in [-0.05, 0) is 49.9 Å². The van der Waals surface area contributed by atoms with Gasteiger partial charge in [-0.3, -0.25) is 0 Å². The number of hydrogen-bond donors (Lipinski definition) is 0. The van der Waals surface area contributed by atoms with Gasteiger partial charge in [0.15, 0.2) is 0 Å². The van der Waals surface area contributed by atoms with Crippen LogP contribution in [0.5, 0.6) is 0 Å². The Morgan fingerprint density at radius 3 is 2.11 bits per heavy atom. The van der Waals surface area contributed by atoms with Crippen molar-refractivity contribution >= 4 is 32.3 Å². The first-order chi connectivity index (χ1) is 17.7. The zero-order chi connectivity index (χ0) is 24.1. The highest BCUT2D eigenvalue weighted by Crippen LogP contribution is 2.46. The highest BCUT2D eigenvalue weighted by Gasteiger charge is 2.51. The molecular formula is C35H34N+. The average molecular weight is 469 g/mol. The summed E-state index contributed by atoms with van der Waals surface area (Å²) in [5.74, 6) is 1.41. The van der Waals surface area contributed by atoms with Crippen molar-refractivity contribution in [3.63, 3.8) is 0 Å². The molecule has 0 amide bonds. The summed E-state index contributed by atoms with van der Waals surface area (Å²) in [4.78, 5) is 0. The van der Waals surface area contributed by atoms with Crippen LogP contribution in [0.25, 0.3) is 32.3 Å². The molecule has 1 heteroatoms.